The predicted octanol–water partition coefficient (Wildman–Crippen LogP) is 7.19. The minimum Gasteiger partial charge on any atom is -0.490 e. The van der Waals surface area contributed by atoms with Gasteiger partial charge in [0.25, 0.3) is 11.6 Å². The molecule has 0 fully saturated rings. The number of amides is 1. The van der Waals surface area contributed by atoms with Crippen molar-refractivity contribution < 1.29 is 19.2 Å². The molecule has 0 atom stereocenters. The Morgan fingerprint density at radius 1 is 1.17 bits per heavy atom. The van der Waals surface area contributed by atoms with Crippen molar-refractivity contribution in [3.63, 3.8) is 0 Å². The molecule has 0 aliphatic rings. The monoisotopic (exact) mass is 589 g/mol. The van der Waals surface area contributed by atoms with Crippen LogP contribution in [0.5, 0.6) is 11.5 Å². The second-order valence-corrected chi connectivity index (χ2v) is 8.91. The van der Waals surface area contributed by atoms with Gasteiger partial charge in [0.2, 0.25) is 0 Å². The lowest BCUT2D eigenvalue weighted by atomic mass is 10.1. The number of ether oxygens (including phenoxy) is 2. The van der Waals surface area contributed by atoms with Gasteiger partial charge < -0.3 is 14.8 Å². The number of hydrogen-bond donors (Lipinski definition) is 1. The Balaban J connectivity index is 1.86. The first-order chi connectivity index (χ1) is 17.2. The number of nitrogens with one attached hydrogen (secondary N) is 1. The molecule has 1 N–H and O–H groups in total. The van der Waals surface area contributed by atoms with Crippen LogP contribution in [0.4, 0.5) is 11.4 Å². The van der Waals surface area contributed by atoms with E-state index in [2.05, 4.69) is 21.2 Å². The van der Waals surface area contributed by atoms with Crippen molar-refractivity contribution in [2.75, 3.05) is 11.9 Å². The number of anilines is 1. The molecule has 8 nitrogen and oxygen atoms in total. The molecule has 0 heterocycles. The van der Waals surface area contributed by atoms with E-state index in [1.165, 1.54) is 30.3 Å². The molecule has 3 aromatic carbocycles. The molecule has 36 heavy (non-hydrogen) atoms. The van der Waals surface area contributed by atoms with Crippen LogP contribution in [0.15, 0.2) is 64.6 Å². The Kier molecular flexibility index (Phi) is 9.31. The average molecular weight is 591 g/mol. The maximum absolute atomic E-state index is 12.7. The third-order valence-electron chi connectivity index (χ3n) is 4.74. The summed E-state index contributed by atoms with van der Waals surface area (Å²) in [5.41, 5.74) is 1.00. The van der Waals surface area contributed by atoms with Crippen LogP contribution < -0.4 is 14.8 Å². The van der Waals surface area contributed by atoms with Gasteiger partial charge in [-0.05, 0) is 48.9 Å². The van der Waals surface area contributed by atoms with E-state index in [0.29, 0.717) is 38.2 Å². The molecule has 3 rings (SSSR count). The van der Waals surface area contributed by atoms with Crippen molar-refractivity contribution in [1.29, 1.82) is 5.26 Å². The van der Waals surface area contributed by atoms with Crippen LogP contribution in [0.25, 0.3) is 6.08 Å². The van der Waals surface area contributed by atoms with Crippen LogP contribution in [0.1, 0.15) is 18.1 Å². The second kappa shape index (κ2) is 12.4. The molecule has 0 saturated heterocycles. The predicted molar refractivity (Wildman–Crippen MR) is 141 cm³/mol. The standard InChI is InChI=1S/C25H18BrCl2N3O5/c1-2-35-23-9-16(21(26)12-24(23)36-14-15-6-7-18(27)10-22(15)28)8-17(13-29)25(32)30-19-4-3-5-20(11-19)31(33)34/h3-12H,2,14H2,1H3,(H,30,32)/b17-8+. The number of nitro benzene ring substituents is 1. The summed E-state index contributed by atoms with van der Waals surface area (Å²) in [6.45, 7) is 2.32. The van der Waals surface area contributed by atoms with E-state index in [-0.39, 0.29) is 23.6 Å². The summed E-state index contributed by atoms with van der Waals surface area (Å²) in [5.74, 6) is 0.0976. The molecule has 11 heteroatoms. The largest absolute Gasteiger partial charge is 0.490 e. The van der Waals surface area contributed by atoms with Crippen molar-refractivity contribution >= 4 is 62.5 Å². The number of hydrogen-bond acceptors (Lipinski definition) is 6. The smallest absolute Gasteiger partial charge is 0.271 e. The van der Waals surface area contributed by atoms with E-state index in [9.17, 15) is 20.2 Å². The first kappa shape index (κ1) is 27.0. The second-order valence-electron chi connectivity index (χ2n) is 7.21. The highest BCUT2D eigenvalue weighted by Crippen LogP contribution is 2.36. The first-order valence-electron chi connectivity index (χ1n) is 10.4. The fraction of sp³-hybridized carbons (Fsp3) is 0.120. The summed E-state index contributed by atoms with van der Waals surface area (Å²) in [4.78, 5) is 23.1. The molecule has 1 amide bonds. The minimum atomic E-state index is -0.722. The Morgan fingerprint density at radius 2 is 1.92 bits per heavy atom. The van der Waals surface area contributed by atoms with Crippen molar-refractivity contribution in [3.05, 3.63) is 95.9 Å². The molecular weight excluding hydrogens is 573 g/mol. The van der Waals surface area contributed by atoms with E-state index < -0.39 is 10.8 Å². The number of nitrogens with zero attached hydrogens (tertiary/aromatic N) is 2. The van der Waals surface area contributed by atoms with Crippen LogP contribution in [0.3, 0.4) is 0 Å². The fourth-order valence-electron chi connectivity index (χ4n) is 3.04. The van der Waals surface area contributed by atoms with Gasteiger partial charge in [-0.25, -0.2) is 0 Å². The van der Waals surface area contributed by atoms with Gasteiger partial charge in [-0.3, -0.25) is 14.9 Å². The molecule has 0 saturated carbocycles. The van der Waals surface area contributed by atoms with E-state index in [1.807, 2.05) is 13.0 Å². The van der Waals surface area contributed by atoms with Crippen LogP contribution >= 0.6 is 39.1 Å². The molecule has 3 aromatic rings. The maximum atomic E-state index is 12.7. The molecule has 0 bridgehead atoms. The van der Waals surface area contributed by atoms with Crippen molar-refractivity contribution in [3.8, 4) is 17.6 Å². The zero-order valence-electron chi connectivity index (χ0n) is 18.8. The molecule has 0 aromatic heterocycles. The van der Waals surface area contributed by atoms with Gasteiger partial charge in [0.1, 0.15) is 18.2 Å². The van der Waals surface area contributed by atoms with E-state index in [0.717, 1.165) is 5.56 Å². The topological polar surface area (TPSA) is 114 Å². The summed E-state index contributed by atoms with van der Waals surface area (Å²) in [7, 11) is 0. The van der Waals surface area contributed by atoms with Crippen LogP contribution in [0.2, 0.25) is 10.0 Å². The number of halogens is 3. The van der Waals surface area contributed by atoms with Crippen molar-refractivity contribution in [1.82, 2.24) is 0 Å². The van der Waals surface area contributed by atoms with E-state index in [4.69, 9.17) is 32.7 Å². The number of nitro groups is 1. The molecule has 0 radical (unpaired) electrons. The maximum Gasteiger partial charge on any atom is 0.271 e. The number of nitriles is 1. The van der Waals surface area contributed by atoms with Crippen LogP contribution in [-0.4, -0.2) is 17.4 Å². The molecule has 0 spiro atoms. The summed E-state index contributed by atoms with van der Waals surface area (Å²) < 4.78 is 12.2. The lowest BCUT2D eigenvalue weighted by Crippen LogP contribution is -2.13. The van der Waals surface area contributed by atoms with E-state index in [1.54, 1.807) is 30.3 Å². The van der Waals surface area contributed by atoms with Crippen molar-refractivity contribution in [2.45, 2.75) is 13.5 Å². The summed E-state index contributed by atoms with van der Waals surface area (Å²) in [6, 6.07) is 15.7. The first-order valence-corrected chi connectivity index (χ1v) is 12.0. The van der Waals surface area contributed by atoms with Crippen molar-refractivity contribution in [2.24, 2.45) is 0 Å². The number of carbonyl (C=O) groups is 1. The van der Waals surface area contributed by atoms with Crippen LogP contribution in [0, 0.1) is 21.4 Å². The normalized spacial score (nSPS) is 10.9. The lowest BCUT2D eigenvalue weighted by molar-refractivity contribution is -0.384. The highest BCUT2D eigenvalue weighted by molar-refractivity contribution is 9.10. The third kappa shape index (κ3) is 6.98. The van der Waals surface area contributed by atoms with Gasteiger partial charge in [0.15, 0.2) is 11.5 Å². The lowest BCUT2D eigenvalue weighted by Gasteiger charge is -2.15. The number of benzene rings is 3. The van der Waals surface area contributed by atoms with Gasteiger partial charge in [-0.1, -0.05) is 51.3 Å². The fourth-order valence-corrected chi connectivity index (χ4v) is 3.94. The van der Waals surface area contributed by atoms with Gasteiger partial charge in [-0.15, -0.1) is 0 Å². The molecule has 0 unspecified atom stereocenters. The minimum absolute atomic E-state index is 0.159. The van der Waals surface area contributed by atoms with Crippen LogP contribution in [-0.2, 0) is 11.4 Å². The molecule has 0 aliphatic carbocycles. The molecule has 0 aliphatic heterocycles. The zero-order valence-corrected chi connectivity index (χ0v) is 21.9. The molecule has 184 valence electrons. The number of non-ortho nitro benzene ring substituents is 1. The zero-order chi connectivity index (χ0) is 26.2. The van der Waals surface area contributed by atoms with E-state index >= 15 is 0 Å². The Bertz CT molecular complexity index is 1390. The SMILES string of the molecule is CCOc1cc(/C=C(\C#N)C(=O)Nc2cccc([N+](=O)[O-])c2)c(Br)cc1OCc1ccc(Cl)cc1Cl. The van der Waals surface area contributed by atoms with Gasteiger partial charge in [-0.2, -0.15) is 5.26 Å². The summed E-state index contributed by atoms with van der Waals surface area (Å²) in [6.07, 6.45) is 1.37. The Labute approximate surface area is 225 Å². The highest BCUT2D eigenvalue weighted by atomic mass is 79.9. The highest BCUT2D eigenvalue weighted by Gasteiger charge is 2.16. The third-order valence-corrected chi connectivity index (χ3v) is 6.01. The van der Waals surface area contributed by atoms with Gasteiger partial charge >= 0.3 is 0 Å². The summed E-state index contributed by atoms with van der Waals surface area (Å²) in [5, 5.41) is 24.0. The number of carbonyl (C=O) groups excluding carboxylic acids is 1. The van der Waals surface area contributed by atoms with Gasteiger partial charge in [0.05, 0.1) is 11.5 Å². The Morgan fingerprint density at radius 3 is 2.58 bits per heavy atom. The Hall–Kier alpha value is -3.58. The number of rotatable bonds is 9. The molecular formula is C25H18BrCl2N3O5. The summed E-state index contributed by atoms with van der Waals surface area (Å²) >= 11 is 15.6. The van der Waals surface area contributed by atoms with Gasteiger partial charge in [0, 0.05) is 37.9 Å². The quantitative estimate of drug-likeness (QED) is 0.122. The average Bonchev–Trinajstić information content (AvgIpc) is 2.84.